The van der Waals surface area contributed by atoms with E-state index < -0.39 is 10.0 Å². The fraction of sp³-hybridized carbons (Fsp3) is 0.417. The van der Waals surface area contributed by atoms with Crippen LogP contribution >= 0.6 is 0 Å². The first-order chi connectivity index (χ1) is 15.8. The lowest BCUT2D eigenvalue weighted by Crippen LogP contribution is -2.45. The van der Waals surface area contributed by atoms with Gasteiger partial charge >= 0.3 is 6.03 Å². The van der Waals surface area contributed by atoms with Gasteiger partial charge in [0.25, 0.3) is 0 Å². The number of H-pyrrole nitrogens is 1. The van der Waals surface area contributed by atoms with Crippen LogP contribution in [0.15, 0.2) is 48.5 Å². The number of urea groups is 1. The monoisotopic (exact) mass is 469 g/mol. The molecule has 0 aliphatic carbocycles. The number of imidazole rings is 1. The zero-order chi connectivity index (χ0) is 23.4. The summed E-state index contributed by atoms with van der Waals surface area (Å²) in [5.41, 5.74) is 3.43. The van der Waals surface area contributed by atoms with Gasteiger partial charge in [-0.2, -0.15) is 0 Å². The molecule has 8 nitrogen and oxygen atoms in total. The van der Waals surface area contributed by atoms with E-state index in [4.69, 9.17) is 4.98 Å². The van der Waals surface area contributed by atoms with Gasteiger partial charge < -0.3 is 15.2 Å². The molecule has 1 unspecified atom stereocenters. The van der Waals surface area contributed by atoms with Gasteiger partial charge in [0.2, 0.25) is 10.0 Å². The smallest absolute Gasteiger partial charge is 0.317 e. The molecule has 9 heteroatoms. The van der Waals surface area contributed by atoms with Gasteiger partial charge in [-0.15, -0.1) is 0 Å². The number of amides is 2. The molecule has 176 valence electrons. The van der Waals surface area contributed by atoms with Gasteiger partial charge in [-0.25, -0.2) is 22.9 Å². The minimum Gasteiger partial charge on any atom is -0.342 e. The van der Waals surface area contributed by atoms with E-state index in [1.165, 1.54) is 0 Å². The highest BCUT2D eigenvalue weighted by atomic mass is 32.2. The zero-order valence-electron chi connectivity index (χ0n) is 19.0. The standard InChI is InChI=1S/C24H31N5O3S/c1-17(2)28-33(31,32)16-20-9-4-3-8-18(20)14-25-24(30)29-13-7-10-19(15-29)23-26-21-11-5-6-12-22(21)27-23/h3-6,8-9,11-12,17,19,28H,7,10,13-16H2,1-2H3,(H,25,30)(H,26,27). The number of nitrogens with one attached hydrogen (secondary N) is 3. The maximum Gasteiger partial charge on any atom is 0.317 e. The maximum absolute atomic E-state index is 12.9. The van der Waals surface area contributed by atoms with Crippen LogP contribution in [0.5, 0.6) is 0 Å². The minimum atomic E-state index is -3.45. The number of nitrogens with zero attached hydrogens (tertiary/aromatic N) is 2. The number of rotatable bonds is 7. The number of piperidine rings is 1. The molecule has 1 aromatic heterocycles. The molecule has 1 aliphatic heterocycles. The number of carbonyl (C=O) groups is 1. The molecule has 0 saturated carbocycles. The largest absolute Gasteiger partial charge is 0.342 e. The van der Waals surface area contributed by atoms with Crippen molar-refractivity contribution in [2.24, 2.45) is 0 Å². The Balaban J connectivity index is 1.39. The Kier molecular flexibility index (Phi) is 6.99. The van der Waals surface area contributed by atoms with Crippen molar-refractivity contribution in [1.29, 1.82) is 0 Å². The van der Waals surface area contributed by atoms with E-state index in [1.807, 2.05) is 47.4 Å². The van der Waals surface area contributed by atoms with E-state index in [1.54, 1.807) is 19.9 Å². The quantitative estimate of drug-likeness (QED) is 0.492. The molecule has 2 aromatic carbocycles. The third-order valence-electron chi connectivity index (χ3n) is 5.81. The normalized spacial score (nSPS) is 16.9. The van der Waals surface area contributed by atoms with E-state index >= 15 is 0 Å². The van der Waals surface area contributed by atoms with E-state index in [9.17, 15) is 13.2 Å². The summed E-state index contributed by atoms with van der Waals surface area (Å²) in [6.07, 6.45) is 1.89. The average Bonchev–Trinajstić information content (AvgIpc) is 3.22. The predicted octanol–water partition coefficient (Wildman–Crippen LogP) is 3.48. The number of aromatic nitrogens is 2. The SMILES string of the molecule is CC(C)NS(=O)(=O)Cc1ccccc1CNC(=O)N1CCCC(c2nc3ccccc3[nH]2)C1. The second-order valence-corrected chi connectivity index (χ2v) is 10.6. The number of sulfonamides is 1. The summed E-state index contributed by atoms with van der Waals surface area (Å²) in [5, 5.41) is 2.98. The lowest BCUT2D eigenvalue weighted by molar-refractivity contribution is 0.178. The van der Waals surface area contributed by atoms with E-state index in [0.29, 0.717) is 18.7 Å². The van der Waals surface area contributed by atoms with Crippen molar-refractivity contribution in [2.75, 3.05) is 13.1 Å². The van der Waals surface area contributed by atoms with Gasteiger partial charge in [-0.3, -0.25) is 0 Å². The average molecular weight is 470 g/mol. The number of benzene rings is 2. The van der Waals surface area contributed by atoms with Gasteiger partial charge in [-0.05, 0) is 49.9 Å². The third-order valence-corrected chi connectivity index (χ3v) is 7.33. The number of hydrogen-bond acceptors (Lipinski definition) is 4. The molecule has 3 aromatic rings. The second-order valence-electron chi connectivity index (χ2n) is 8.88. The van der Waals surface area contributed by atoms with Crippen LogP contribution in [0.1, 0.15) is 49.6 Å². The molecule has 0 spiro atoms. The molecule has 1 fully saturated rings. The molecule has 4 rings (SSSR count). The van der Waals surface area contributed by atoms with Crippen LogP contribution < -0.4 is 10.0 Å². The van der Waals surface area contributed by atoms with Crippen molar-refractivity contribution in [1.82, 2.24) is 24.9 Å². The van der Waals surface area contributed by atoms with Gasteiger partial charge in [0, 0.05) is 31.6 Å². The fourth-order valence-electron chi connectivity index (χ4n) is 4.31. The van der Waals surface area contributed by atoms with Crippen LogP contribution in [0, 0.1) is 0 Å². The summed E-state index contributed by atoms with van der Waals surface area (Å²) < 4.78 is 27.3. The number of para-hydroxylation sites is 2. The van der Waals surface area contributed by atoms with E-state index in [-0.39, 0.29) is 30.3 Å². The number of carbonyl (C=O) groups excluding carboxylic acids is 1. The van der Waals surface area contributed by atoms with Crippen LogP contribution in [0.4, 0.5) is 4.79 Å². The number of fused-ring (bicyclic) bond motifs is 1. The molecule has 33 heavy (non-hydrogen) atoms. The minimum absolute atomic E-state index is 0.116. The number of hydrogen-bond donors (Lipinski definition) is 3. The second kappa shape index (κ2) is 9.93. The molecule has 0 radical (unpaired) electrons. The molecule has 1 atom stereocenters. The summed E-state index contributed by atoms with van der Waals surface area (Å²) in [6.45, 7) is 5.15. The van der Waals surface area contributed by atoms with Gasteiger partial charge in [0.1, 0.15) is 5.82 Å². The lowest BCUT2D eigenvalue weighted by Gasteiger charge is -2.32. The zero-order valence-corrected chi connectivity index (χ0v) is 19.9. The summed E-state index contributed by atoms with van der Waals surface area (Å²) in [5.74, 6) is 0.966. The number of aromatic amines is 1. The molecule has 1 saturated heterocycles. The Labute approximate surface area is 194 Å². The van der Waals surface area contributed by atoms with Crippen LogP contribution in [-0.4, -0.2) is 48.4 Å². The van der Waals surface area contributed by atoms with Crippen LogP contribution in [0.25, 0.3) is 11.0 Å². The van der Waals surface area contributed by atoms with Crippen LogP contribution in [-0.2, 0) is 22.3 Å². The van der Waals surface area contributed by atoms with Crippen LogP contribution in [0.3, 0.4) is 0 Å². The van der Waals surface area contributed by atoms with Crippen molar-refractivity contribution in [3.05, 3.63) is 65.5 Å². The summed E-state index contributed by atoms with van der Waals surface area (Å²) in [4.78, 5) is 22.8. The molecule has 1 aliphatic rings. The van der Waals surface area contributed by atoms with Crippen LogP contribution in [0.2, 0.25) is 0 Å². The van der Waals surface area contributed by atoms with Crippen molar-refractivity contribution >= 4 is 27.1 Å². The number of likely N-dealkylation sites (tertiary alicyclic amines) is 1. The lowest BCUT2D eigenvalue weighted by atomic mass is 9.97. The Hall–Kier alpha value is -2.91. The molecule has 2 heterocycles. The topological polar surface area (TPSA) is 107 Å². The summed E-state index contributed by atoms with van der Waals surface area (Å²) >= 11 is 0. The van der Waals surface area contributed by atoms with E-state index in [2.05, 4.69) is 15.0 Å². The highest BCUT2D eigenvalue weighted by Gasteiger charge is 2.27. The summed E-state index contributed by atoms with van der Waals surface area (Å²) in [7, 11) is -3.45. The highest BCUT2D eigenvalue weighted by Crippen LogP contribution is 2.26. The van der Waals surface area contributed by atoms with Crippen molar-refractivity contribution in [2.45, 2.75) is 50.9 Å². The van der Waals surface area contributed by atoms with E-state index in [0.717, 1.165) is 35.3 Å². The molecule has 2 amide bonds. The Bertz CT molecular complexity index is 1190. The first-order valence-corrected chi connectivity index (χ1v) is 13.0. The fourth-order valence-corrected chi connectivity index (χ4v) is 5.80. The van der Waals surface area contributed by atoms with Crippen molar-refractivity contribution in [3.63, 3.8) is 0 Å². The Morgan fingerprint density at radius 1 is 1.15 bits per heavy atom. The van der Waals surface area contributed by atoms with Gasteiger partial charge in [0.15, 0.2) is 0 Å². The van der Waals surface area contributed by atoms with Crippen molar-refractivity contribution < 1.29 is 13.2 Å². The molecule has 3 N–H and O–H groups in total. The van der Waals surface area contributed by atoms with Gasteiger partial charge in [0.05, 0.1) is 16.8 Å². The predicted molar refractivity (Wildman–Crippen MR) is 129 cm³/mol. The first kappa shape index (κ1) is 23.3. The highest BCUT2D eigenvalue weighted by molar-refractivity contribution is 7.88. The maximum atomic E-state index is 12.9. The van der Waals surface area contributed by atoms with Gasteiger partial charge in [-0.1, -0.05) is 36.4 Å². The summed E-state index contributed by atoms with van der Waals surface area (Å²) in [6, 6.07) is 14.9. The Morgan fingerprint density at radius 2 is 1.88 bits per heavy atom. The van der Waals surface area contributed by atoms with Crippen molar-refractivity contribution in [3.8, 4) is 0 Å². The molecular weight excluding hydrogens is 438 g/mol. The first-order valence-electron chi connectivity index (χ1n) is 11.3. The Morgan fingerprint density at radius 3 is 2.64 bits per heavy atom. The third kappa shape index (κ3) is 5.91. The molecular formula is C24H31N5O3S. The molecule has 0 bridgehead atoms.